The first-order valence-corrected chi connectivity index (χ1v) is 8.45. The number of aromatic nitrogens is 3. The first-order valence-electron chi connectivity index (χ1n) is 8.45. The molecule has 1 aromatic carbocycles. The third-order valence-corrected chi connectivity index (χ3v) is 4.15. The topological polar surface area (TPSA) is 76.4 Å². The van der Waals surface area contributed by atoms with Crippen molar-refractivity contribution in [2.24, 2.45) is 4.99 Å². The molecule has 0 spiro atoms. The van der Waals surface area contributed by atoms with Crippen LogP contribution >= 0.6 is 24.0 Å². The number of nitrogens with zero attached hydrogens (tertiary/aromatic N) is 4. The highest BCUT2D eigenvalue weighted by molar-refractivity contribution is 14.0. The molecule has 1 aliphatic rings. The van der Waals surface area contributed by atoms with Gasteiger partial charge in [0, 0.05) is 31.6 Å². The van der Waals surface area contributed by atoms with E-state index in [0.29, 0.717) is 13.2 Å². The number of hydrogen-bond acceptors (Lipinski definition) is 4. The monoisotopic (exact) mass is 468 g/mol. The number of halogens is 1. The van der Waals surface area contributed by atoms with Crippen LogP contribution < -0.4 is 15.4 Å². The SMILES string of the molecule is C=CCOc1ccccc1CNC(=NC)NC1CCc2ncnn2C1.I. The maximum absolute atomic E-state index is 5.70. The van der Waals surface area contributed by atoms with Crippen LogP contribution in [-0.2, 0) is 19.5 Å². The first kappa shape index (κ1) is 20.2. The van der Waals surface area contributed by atoms with Gasteiger partial charge in [0.2, 0.25) is 0 Å². The molecule has 0 radical (unpaired) electrons. The van der Waals surface area contributed by atoms with Gasteiger partial charge in [-0.2, -0.15) is 5.10 Å². The molecule has 2 aromatic rings. The van der Waals surface area contributed by atoms with E-state index >= 15 is 0 Å². The lowest BCUT2D eigenvalue weighted by Gasteiger charge is -2.25. The average molecular weight is 468 g/mol. The molecule has 2 heterocycles. The maximum Gasteiger partial charge on any atom is 0.191 e. The summed E-state index contributed by atoms with van der Waals surface area (Å²) in [6, 6.07) is 8.26. The van der Waals surface area contributed by atoms with E-state index in [0.717, 1.165) is 42.5 Å². The molecule has 1 unspecified atom stereocenters. The lowest BCUT2D eigenvalue weighted by molar-refractivity contribution is 0.358. The second-order valence-electron chi connectivity index (χ2n) is 5.87. The van der Waals surface area contributed by atoms with Crippen LogP contribution in [0.1, 0.15) is 17.8 Å². The average Bonchev–Trinajstić information content (AvgIpc) is 3.11. The Kier molecular flexibility index (Phi) is 7.89. The zero-order chi connectivity index (χ0) is 17.5. The lowest BCUT2D eigenvalue weighted by Crippen LogP contribution is -2.46. The molecule has 0 saturated heterocycles. The van der Waals surface area contributed by atoms with Crippen LogP contribution in [0.3, 0.4) is 0 Å². The second kappa shape index (κ2) is 10.1. The van der Waals surface area contributed by atoms with E-state index in [1.165, 1.54) is 0 Å². The minimum absolute atomic E-state index is 0. The molecule has 1 aromatic heterocycles. The van der Waals surface area contributed by atoms with Gasteiger partial charge < -0.3 is 15.4 Å². The van der Waals surface area contributed by atoms with Gasteiger partial charge in [0.25, 0.3) is 0 Å². The zero-order valence-corrected chi connectivity index (χ0v) is 17.2. The molecular formula is C18H25IN6O. The second-order valence-corrected chi connectivity index (χ2v) is 5.87. The maximum atomic E-state index is 5.70. The van der Waals surface area contributed by atoms with Gasteiger partial charge >= 0.3 is 0 Å². The van der Waals surface area contributed by atoms with E-state index in [4.69, 9.17) is 4.74 Å². The Morgan fingerprint density at radius 2 is 2.31 bits per heavy atom. The minimum Gasteiger partial charge on any atom is -0.489 e. The van der Waals surface area contributed by atoms with Crippen LogP contribution in [0.5, 0.6) is 5.75 Å². The third kappa shape index (κ3) is 5.20. The van der Waals surface area contributed by atoms with Crippen molar-refractivity contribution in [2.45, 2.75) is 32.0 Å². The summed E-state index contributed by atoms with van der Waals surface area (Å²) < 4.78 is 7.65. The number of benzene rings is 1. The number of nitrogens with one attached hydrogen (secondary N) is 2. The van der Waals surface area contributed by atoms with Gasteiger partial charge in [-0.05, 0) is 12.5 Å². The van der Waals surface area contributed by atoms with Crippen molar-refractivity contribution in [1.82, 2.24) is 25.4 Å². The molecule has 0 saturated carbocycles. The van der Waals surface area contributed by atoms with Crippen LogP contribution in [0, 0.1) is 0 Å². The number of para-hydroxylation sites is 1. The number of aliphatic imine (C=N–C) groups is 1. The Morgan fingerprint density at radius 1 is 1.46 bits per heavy atom. The van der Waals surface area contributed by atoms with Gasteiger partial charge in [-0.3, -0.25) is 4.99 Å². The summed E-state index contributed by atoms with van der Waals surface area (Å²) in [5.74, 6) is 2.68. The summed E-state index contributed by atoms with van der Waals surface area (Å²) in [5.41, 5.74) is 1.08. The van der Waals surface area contributed by atoms with Crippen molar-refractivity contribution < 1.29 is 4.74 Å². The molecule has 0 aliphatic carbocycles. The molecule has 0 fully saturated rings. The molecule has 26 heavy (non-hydrogen) atoms. The summed E-state index contributed by atoms with van der Waals surface area (Å²) >= 11 is 0. The Hall–Kier alpha value is -2.10. The summed E-state index contributed by atoms with van der Waals surface area (Å²) in [4.78, 5) is 8.58. The predicted molar refractivity (Wildman–Crippen MR) is 113 cm³/mol. The van der Waals surface area contributed by atoms with Gasteiger partial charge in [0.05, 0.1) is 6.54 Å². The Bertz CT molecular complexity index is 745. The zero-order valence-electron chi connectivity index (χ0n) is 14.9. The number of hydrogen-bond donors (Lipinski definition) is 2. The van der Waals surface area contributed by atoms with Crippen LogP contribution in [0.4, 0.5) is 0 Å². The summed E-state index contributed by atoms with van der Waals surface area (Å²) in [7, 11) is 1.78. The molecule has 0 bridgehead atoms. The normalized spacial score (nSPS) is 16.2. The Morgan fingerprint density at radius 3 is 3.12 bits per heavy atom. The number of fused-ring (bicyclic) bond motifs is 1. The van der Waals surface area contributed by atoms with Gasteiger partial charge in [0.15, 0.2) is 5.96 Å². The number of ether oxygens (including phenoxy) is 1. The number of rotatable bonds is 6. The molecule has 1 atom stereocenters. The van der Waals surface area contributed by atoms with Crippen molar-refractivity contribution in [3.05, 3.63) is 54.6 Å². The van der Waals surface area contributed by atoms with Gasteiger partial charge in [-0.15, -0.1) is 24.0 Å². The molecule has 140 valence electrons. The van der Waals surface area contributed by atoms with Crippen molar-refractivity contribution in [3.63, 3.8) is 0 Å². The molecule has 7 nitrogen and oxygen atoms in total. The minimum atomic E-state index is 0. The Labute approximate surface area is 171 Å². The van der Waals surface area contributed by atoms with E-state index in [2.05, 4.69) is 32.3 Å². The van der Waals surface area contributed by atoms with Crippen molar-refractivity contribution >= 4 is 29.9 Å². The van der Waals surface area contributed by atoms with E-state index in [-0.39, 0.29) is 30.0 Å². The van der Waals surface area contributed by atoms with Gasteiger partial charge in [0.1, 0.15) is 24.5 Å². The van der Waals surface area contributed by atoms with Gasteiger partial charge in [-0.25, -0.2) is 9.67 Å². The summed E-state index contributed by atoms with van der Waals surface area (Å²) in [5, 5.41) is 11.1. The molecule has 0 amide bonds. The number of guanidine groups is 1. The molecule has 2 N–H and O–H groups in total. The number of aryl methyl sites for hydroxylation is 1. The molecular weight excluding hydrogens is 443 g/mol. The fourth-order valence-corrected chi connectivity index (χ4v) is 2.86. The van der Waals surface area contributed by atoms with Crippen LogP contribution in [0.25, 0.3) is 0 Å². The lowest BCUT2D eigenvalue weighted by atomic mass is 10.1. The van der Waals surface area contributed by atoms with Crippen molar-refractivity contribution in [2.75, 3.05) is 13.7 Å². The highest BCUT2D eigenvalue weighted by atomic mass is 127. The summed E-state index contributed by atoms with van der Waals surface area (Å²) in [6.07, 6.45) is 5.29. The highest BCUT2D eigenvalue weighted by Gasteiger charge is 2.20. The first-order chi connectivity index (χ1) is 12.3. The largest absolute Gasteiger partial charge is 0.489 e. The van der Waals surface area contributed by atoms with Crippen LogP contribution in [0.2, 0.25) is 0 Å². The molecule has 8 heteroatoms. The fourth-order valence-electron chi connectivity index (χ4n) is 2.86. The summed E-state index contributed by atoms with van der Waals surface area (Å²) in [6.45, 7) is 5.62. The van der Waals surface area contributed by atoms with E-state index in [9.17, 15) is 0 Å². The molecule has 3 rings (SSSR count). The van der Waals surface area contributed by atoms with Gasteiger partial charge in [-0.1, -0.05) is 30.9 Å². The van der Waals surface area contributed by atoms with Crippen molar-refractivity contribution in [1.29, 1.82) is 0 Å². The highest BCUT2D eigenvalue weighted by Crippen LogP contribution is 2.17. The van der Waals surface area contributed by atoms with Crippen LogP contribution in [0.15, 0.2) is 48.2 Å². The molecule has 1 aliphatic heterocycles. The third-order valence-electron chi connectivity index (χ3n) is 4.15. The van der Waals surface area contributed by atoms with Crippen LogP contribution in [-0.4, -0.2) is 40.4 Å². The Balaban J connectivity index is 0.00000243. The fraction of sp³-hybridized carbons (Fsp3) is 0.389. The van der Waals surface area contributed by atoms with E-state index < -0.39 is 0 Å². The van der Waals surface area contributed by atoms with E-state index in [1.54, 1.807) is 19.5 Å². The van der Waals surface area contributed by atoms with E-state index in [1.807, 2.05) is 28.9 Å². The predicted octanol–water partition coefficient (Wildman–Crippen LogP) is 2.14. The standard InChI is InChI=1S/C18H24N6O.HI/c1-3-10-25-16-7-5-4-6-14(16)11-20-18(19-2)23-15-8-9-17-21-13-22-24(17)12-15;/h3-7,13,15H,1,8-12H2,2H3,(H2,19,20,23);1H. The van der Waals surface area contributed by atoms with Crippen molar-refractivity contribution in [3.8, 4) is 5.75 Å². The quantitative estimate of drug-likeness (QED) is 0.294. The smallest absolute Gasteiger partial charge is 0.191 e.